The largest absolute Gasteiger partial charge is 0.480 e. The lowest BCUT2D eigenvalue weighted by Gasteiger charge is -2.28. The van der Waals surface area contributed by atoms with Crippen molar-refractivity contribution in [1.82, 2.24) is 14.5 Å². The summed E-state index contributed by atoms with van der Waals surface area (Å²) in [6, 6.07) is -0.900. The monoisotopic (exact) mass is 297 g/mol. The number of imidazole rings is 1. The van der Waals surface area contributed by atoms with Crippen LogP contribution in [0.3, 0.4) is 0 Å². The van der Waals surface area contributed by atoms with Crippen molar-refractivity contribution < 1.29 is 19.4 Å². The van der Waals surface area contributed by atoms with Gasteiger partial charge in [-0.15, -0.1) is 0 Å². The zero-order valence-corrected chi connectivity index (χ0v) is 12.9. The first kappa shape index (κ1) is 17.0. The van der Waals surface area contributed by atoms with Crippen molar-refractivity contribution >= 4 is 12.1 Å². The van der Waals surface area contributed by atoms with Gasteiger partial charge in [0.05, 0.1) is 6.33 Å². The molecule has 1 aromatic heterocycles. The molecule has 7 heteroatoms. The zero-order valence-electron chi connectivity index (χ0n) is 12.9. The number of carbonyl (C=O) groups is 2. The molecule has 0 saturated carbocycles. The normalized spacial score (nSPS) is 12.8. The highest BCUT2D eigenvalue weighted by atomic mass is 16.6. The summed E-state index contributed by atoms with van der Waals surface area (Å²) in [5.74, 6) is -1.03. The molecule has 0 aliphatic carbocycles. The van der Waals surface area contributed by atoms with Crippen LogP contribution in [-0.4, -0.2) is 50.3 Å². The van der Waals surface area contributed by atoms with Crippen molar-refractivity contribution in [3.05, 3.63) is 18.7 Å². The summed E-state index contributed by atoms with van der Waals surface area (Å²) >= 11 is 0. The molecule has 1 heterocycles. The summed E-state index contributed by atoms with van der Waals surface area (Å²) in [7, 11) is 1.45. The highest BCUT2D eigenvalue weighted by Crippen LogP contribution is 2.13. The van der Waals surface area contributed by atoms with Crippen molar-refractivity contribution in [3.63, 3.8) is 0 Å². The number of hydrogen-bond donors (Lipinski definition) is 1. The van der Waals surface area contributed by atoms with Gasteiger partial charge in [-0.05, 0) is 33.6 Å². The number of amides is 1. The van der Waals surface area contributed by atoms with E-state index in [4.69, 9.17) is 4.74 Å². The van der Waals surface area contributed by atoms with Crippen LogP contribution in [0.5, 0.6) is 0 Å². The van der Waals surface area contributed by atoms with Gasteiger partial charge in [0.25, 0.3) is 0 Å². The molecule has 0 aromatic carbocycles. The highest BCUT2D eigenvalue weighted by molar-refractivity contribution is 5.79. The van der Waals surface area contributed by atoms with E-state index < -0.39 is 23.7 Å². The van der Waals surface area contributed by atoms with Crippen LogP contribution in [-0.2, 0) is 16.1 Å². The molecule has 0 spiro atoms. The molecule has 118 valence electrons. The number of rotatable bonds is 6. The first-order chi connectivity index (χ1) is 9.70. The van der Waals surface area contributed by atoms with E-state index in [9.17, 15) is 14.7 Å². The van der Waals surface area contributed by atoms with Gasteiger partial charge in [-0.2, -0.15) is 0 Å². The second-order valence-electron chi connectivity index (χ2n) is 5.89. The molecule has 7 nitrogen and oxygen atoms in total. The minimum Gasteiger partial charge on any atom is -0.480 e. The Morgan fingerprint density at radius 3 is 2.57 bits per heavy atom. The number of ether oxygens (including phenoxy) is 1. The Balaban J connectivity index is 2.55. The van der Waals surface area contributed by atoms with Gasteiger partial charge in [0.2, 0.25) is 0 Å². The fraction of sp³-hybridized carbons (Fsp3) is 0.643. The summed E-state index contributed by atoms with van der Waals surface area (Å²) in [6.45, 7) is 5.89. The maximum Gasteiger partial charge on any atom is 0.410 e. The van der Waals surface area contributed by atoms with Crippen LogP contribution in [0, 0.1) is 0 Å². The maximum absolute atomic E-state index is 11.9. The van der Waals surface area contributed by atoms with Crippen molar-refractivity contribution in [1.29, 1.82) is 0 Å². The van der Waals surface area contributed by atoms with E-state index >= 15 is 0 Å². The fourth-order valence-electron chi connectivity index (χ4n) is 1.83. The van der Waals surface area contributed by atoms with Gasteiger partial charge >= 0.3 is 12.1 Å². The van der Waals surface area contributed by atoms with Crippen LogP contribution >= 0.6 is 0 Å². The van der Waals surface area contributed by atoms with Crippen LogP contribution < -0.4 is 0 Å². The van der Waals surface area contributed by atoms with E-state index in [1.54, 1.807) is 33.3 Å². The van der Waals surface area contributed by atoms with Crippen LogP contribution in [0.2, 0.25) is 0 Å². The minimum atomic E-state index is -1.03. The topological polar surface area (TPSA) is 84.7 Å². The minimum absolute atomic E-state index is 0.350. The summed E-state index contributed by atoms with van der Waals surface area (Å²) in [5, 5.41) is 9.28. The van der Waals surface area contributed by atoms with E-state index in [0.717, 1.165) is 4.90 Å². The van der Waals surface area contributed by atoms with Gasteiger partial charge in [0.15, 0.2) is 0 Å². The predicted molar refractivity (Wildman–Crippen MR) is 76.9 cm³/mol. The predicted octanol–water partition coefficient (Wildman–Crippen LogP) is 1.98. The van der Waals surface area contributed by atoms with Crippen LogP contribution in [0.15, 0.2) is 18.7 Å². The Hall–Kier alpha value is -2.05. The molecular formula is C14H23N3O4. The van der Waals surface area contributed by atoms with E-state index in [1.165, 1.54) is 7.05 Å². The Morgan fingerprint density at radius 2 is 2.10 bits per heavy atom. The zero-order chi connectivity index (χ0) is 16.0. The molecule has 0 saturated heterocycles. The average Bonchev–Trinajstić information content (AvgIpc) is 2.84. The molecule has 1 rings (SSSR count). The van der Waals surface area contributed by atoms with Crippen molar-refractivity contribution in [3.8, 4) is 0 Å². The number of aliphatic carboxylic acids is 1. The lowest BCUT2D eigenvalue weighted by atomic mass is 10.1. The number of nitrogens with zero attached hydrogens (tertiary/aromatic N) is 3. The number of carboxylic acids is 1. The third-order valence-electron chi connectivity index (χ3n) is 2.89. The van der Waals surface area contributed by atoms with Crippen LogP contribution in [0.4, 0.5) is 4.79 Å². The molecule has 0 unspecified atom stereocenters. The number of hydrogen-bond acceptors (Lipinski definition) is 4. The third kappa shape index (κ3) is 5.85. The van der Waals surface area contributed by atoms with E-state index in [0.29, 0.717) is 19.4 Å². The third-order valence-corrected chi connectivity index (χ3v) is 2.89. The first-order valence-electron chi connectivity index (χ1n) is 6.85. The SMILES string of the molecule is CN(C(=O)OC(C)(C)C)[C@@H](CCCn1ccnc1)C(=O)O. The highest BCUT2D eigenvalue weighted by Gasteiger charge is 2.29. The summed E-state index contributed by atoms with van der Waals surface area (Å²) in [5.41, 5.74) is -0.648. The van der Waals surface area contributed by atoms with E-state index in [2.05, 4.69) is 4.98 Å². The standard InChI is InChI=1S/C14H23N3O4/c1-14(2,3)21-13(20)16(4)11(12(18)19)6-5-8-17-9-7-15-10-17/h7,9-11H,5-6,8H2,1-4H3,(H,18,19)/t11-/m0/s1. The van der Waals surface area contributed by atoms with Crippen molar-refractivity contribution in [2.45, 2.75) is 51.8 Å². The molecule has 1 N–H and O–H groups in total. The second kappa shape index (κ2) is 7.10. The summed E-state index contributed by atoms with van der Waals surface area (Å²) in [4.78, 5) is 28.3. The number of carboxylic acid groups (broad SMARTS) is 1. The van der Waals surface area contributed by atoms with Gasteiger partial charge in [-0.25, -0.2) is 14.6 Å². The van der Waals surface area contributed by atoms with E-state index in [1.807, 2.05) is 10.8 Å². The molecule has 0 radical (unpaired) electrons. The fourth-order valence-corrected chi connectivity index (χ4v) is 1.83. The molecule has 0 aliphatic heterocycles. The number of aromatic nitrogens is 2. The molecule has 0 fully saturated rings. The lowest BCUT2D eigenvalue weighted by molar-refractivity contribution is -0.143. The van der Waals surface area contributed by atoms with Crippen molar-refractivity contribution in [2.75, 3.05) is 7.05 Å². The van der Waals surface area contributed by atoms with Gasteiger partial charge in [-0.3, -0.25) is 4.90 Å². The van der Waals surface area contributed by atoms with Gasteiger partial charge in [0.1, 0.15) is 11.6 Å². The molecule has 1 aromatic rings. The van der Waals surface area contributed by atoms with Gasteiger partial charge in [0, 0.05) is 26.0 Å². The second-order valence-corrected chi connectivity index (χ2v) is 5.89. The Labute approximate surface area is 124 Å². The summed E-state index contributed by atoms with van der Waals surface area (Å²) < 4.78 is 7.06. The maximum atomic E-state index is 11.9. The lowest BCUT2D eigenvalue weighted by Crippen LogP contribution is -2.44. The number of carbonyl (C=O) groups excluding carboxylic acids is 1. The van der Waals surface area contributed by atoms with Gasteiger partial charge in [-0.1, -0.05) is 0 Å². The molecule has 1 atom stereocenters. The Bertz CT molecular complexity index is 465. The molecule has 1 amide bonds. The van der Waals surface area contributed by atoms with Crippen LogP contribution in [0.1, 0.15) is 33.6 Å². The number of aryl methyl sites for hydroxylation is 1. The molecule has 0 bridgehead atoms. The van der Waals surface area contributed by atoms with Crippen molar-refractivity contribution in [2.24, 2.45) is 0 Å². The molecular weight excluding hydrogens is 274 g/mol. The summed E-state index contributed by atoms with van der Waals surface area (Å²) in [6.07, 6.45) is 5.50. The van der Waals surface area contributed by atoms with Crippen LogP contribution in [0.25, 0.3) is 0 Å². The average molecular weight is 297 g/mol. The van der Waals surface area contributed by atoms with E-state index in [-0.39, 0.29) is 0 Å². The molecule has 21 heavy (non-hydrogen) atoms. The first-order valence-corrected chi connectivity index (χ1v) is 6.85. The Kier molecular flexibility index (Phi) is 5.75. The Morgan fingerprint density at radius 1 is 1.43 bits per heavy atom. The molecule has 0 aliphatic rings. The number of likely N-dealkylation sites (N-methyl/N-ethyl adjacent to an activating group) is 1. The quantitative estimate of drug-likeness (QED) is 0.868. The van der Waals surface area contributed by atoms with Gasteiger partial charge < -0.3 is 14.4 Å². The smallest absolute Gasteiger partial charge is 0.410 e.